The van der Waals surface area contributed by atoms with Crippen LogP contribution in [0.4, 0.5) is 0 Å². The van der Waals surface area contributed by atoms with Crippen LogP contribution in [0.25, 0.3) is 11.0 Å². The van der Waals surface area contributed by atoms with Crippen molar-refractivity contribution in [2.45, 2.75) is 89.9 Å². The summed E-state index contributed by atoms with van der Waals surface area (Å²) in [7, 11) is 0. The number of nitrogens with two attached hydrogens (primary N) is 1. The van der Waals surface area contributed by atoms with Gasteiger partial charge in [-0.05, 0) is 65.0 Å². The van der Waals surface area contributed by atoms with Gasteiger partial charge in [0.2, 0.25) is 0 Å². The zero-order valence-corrected chi connectivity index (χ0v) is 18.5. The van der Waals surface area contributed by atoms with Crippen molar-refractivity contribution in [3.63, 3.8) is 0 Å². The van der Waals surface area contributed by atoms with Crippen molar-refractivity contribution in [2.24, 2.45) is 0 Å². The molecule has 0 radical (unpaired) electrons. The van der Waals surface area contributed by atoms with E-state index in [-0.39, 0.29) is 27.5 Å². The summed E-state index contributed by atoms with van der Waals surface area (Å²) in [5.74, 6) is -0.221. The summed E-state index contributed by atoms with van der Waals surface area (Å²) in [5.41, 5.74) is 2.52. The van der Waals surface area contributed by atoms with Crippen molar-refractivity contribution in [1.29, 1.82) is 0 Å². The maximum Gasteiger partial charge on any atom is 0.339 e. The first-order valence-electron chi connectivity index (χ1n) is 10.7. The molecule has 3 N–H and O–H groups in total. The monoisotopic (exact) mass is 418 g/mol. The van der Waals surface area contributed by atoms with E-state index in [1.807, 2.05) is 0 Å². The minimum atomic E-state index is -0.292. The number of piperidine rings is 1. The summed E-state index contributed by atoms with van der Waals surface area (Å²) >= 11 is 6.33. The number of benzene rings is 1. The lowest BCUT2D eigenvalue weighted by atomic mass is 9.79. The SMILES string of the molecule is CC1(C)CC([NH2+]Cc2c([O-])c(Cl)cc3c4c(c(=O)oc23)CCCC4)CC(C)(C)N1. The van der Waals surface area contributed by atoms with Crippen molar-refractivity contribution in [1.82, 2.24) is 5.32 Å². The maximum absolute atomic E-state index is 12.9. The molecule has 4 rings (SSSR count). The second-order valence-corrected chi connectivity index (χ2v) is 10.5. The molecule has 0 unspecified atom stereocenters. The van der Waals surface area contributed by atoms with Crippen molar-refractivity contribution >= 4 is 22.6 Å². The molecule has 1 fully saturated rings. The Balaban J connectivity index is 1.71. The van der Waals surface area contributed by atoms with Gasteiger partial charge < -0.3 is 20.2 Å². The van der Waals surface area contributed by atoms with E-state index >= 15 is 0 Å². The van der Waals surface area contributed by atoms with E-state index in [9.17, 15) is 9.90 Å². The van der Waals surface area contributed by atoms with Crippen LogP contribution >= 0.6 is 11.6 Å². The molecule has 1 aromatic heterocycles. The predicted octanol–water partition coefficient (Wildman–Crippen LogP) is 2.77. The minimum absolute atomic E-state index is 0.0330. The lowest BCUT2D eigenvalue weighted by Gasteiger charge is -2.45. The molecule has 1 aliphatic carbocycles. The molecule has 2 heterocycles. The minimum Gasteiger partial charge on any atom is -0.871 e. The van der Waals surface area contributed by atoms with Crippen molar-refractivity contribution in [2.75, 3.05) is 0 Å². The highest BCUT2D eigenvalue weighted by atomic mass is 35.5. The van der Waals surface area contributed by atoms with Gasteiger partial charge in [0.15, 0.2) is 0 Å². The van der Waals surface area contributed by atoms with E-state index in [4.69, 9.17) is 16.0 Å². The summed E-state index contributed by atoms with van der Waals surface area (Å²) in [6.07, 6.45) is 5.63. The number of hydrogen-bond donors (Lipinski definition) is 2. The molecule has 0 bridgehead atoms. The van der Waals surface area contributed by atoms with Crippen LogP contribution in [0.2, 0.25) is 5.02 Å². The first kappa shape index (κ1) is 20.7. The first-order valence-corrected chi connectivity index (χ1v) is 11.0. The molecule has 1 aromatic carbocycles. The van der Waals surface area contributed by atoms with Gasteiger partial charge in [-0.15, -0.1) is 0 Å². The highest BCUT2D eigenvalue weighted by Gasteiger charge is 2.39. The Bertz CT molecular complexity index is 994. The third kappa shape index (κ3) is 4.05. The Morgan fingerprint density at radius 1 is 1.17 bits per heavy atom. The molecule has 1 saturated heterocycles. The van der Waals surface area contributed by atoms with E-state index in [0.717, 1.165) is 55.0 Å². The molecule has 2 aliphatic rings. The average molecular weight is 419 g/mol. The Morgan fingerprint density at radius 2 is 1.79 bits per heavy atom. The average Bonchev–Trinajstić information content (AvgIpc) is 2.61. The molecule has 29 heavy (non-hydrogen) atoms. The number of hydrogen-bond acceptors (Lipinski definition) is 4. The fourth-order valence-electron chi connectivity index (χ4n) is 5.63. The number of fused-ring (bicyclic) bond motifs is 3. The Hall–Kier alpha value is -1.56. The van der Waals surface area contributed by atoms with Gasteiger partial charge in [-0.2, -0.15) is 0 Å². The molecule has 2 aromatic rings. The topological polar surface area (TPSA) is 81.9 Å². The van der Waals surface area contributed by atoms with E-state index in [1.165, 1.54) is 0 Å². The van der Waals surface area contributed by atoms with Crippen LogP contribution in [-0.4, -0.2) is 17.1 Å². The fourth-order valence-corrected chi connectivity index (χ4v) is 5.85. The third-order valence-electron chi connectivity index (χ3n) is 6.39. The zero-order valence-electron chi connectivity index (χ0n) is 17.8. The van der Waals surface area contributed by atoms with E-state index in [0.29, 0.717) is 23.7 Å². The van der Waals surface area contributed by atoms with Crippen LogP contribution in [-0.2, 0) is 19.4 Å². The van der Waals surface area contributed by atoms with E-state index in [2.05, 4.69) is 38.3 Å². The fraction of sp³-hybridized carbons (Fsp3) is 0.609. The van der Waals surface area contributed by atoms with Crippen LogP contribution in [0.3, 0.4) is 0 Å². The molecule has 0 saturated carbocycles. The molecule has 0 atom stereocenters. The highest BCUT2D eigenvalue weighted by molar-refractivity contribution is 6.33. The number of rotatable bonds is 3. The van der Waals surface area contributed by atoms with Crippen LogP contribution in [0.15, 0.2) is 15.3 Å². The Kier molecular flexibility index (Phi) is 5.21. The third-order valence-corrected chi connectivity index (χ3v) is 6.67. The summed E-state index contributed by atoms with van der Waals surface area (Å²) in [6.45, 7) is 9.33. The van der Waals surface area contributed by atoms with Crippen molar-refractivity contribution in [3.05, 3.63) is 38.2 Å². The number of halogens is 1. The van der Waals surface area contributed by atoms with Crippen LogP contribution < -0.4 is 21.4 Å². The molecule has 6 heteroatoms. The van der Waals surface area contributed by atoms with Gasteiger partial charge in [0.1, 0.15) is 12.1 Å². The van der Waals surface area contributed by atoms with Crippen molar-refractivity contribution in [3.8, 4) is 5.75 Å². The Labute approximate surface area is 176 Å². The number of nitrogens with one attached hydrogen (secondary N) is 1. The molecular weight excluding hydrogens is 388 g/mol. The van der Waals surface area contributed by atoms with Crippen LogP contribution in [0.5, 0.6) is 5.75 Å². The molecule has 1 aliphatic heterocycles. The zero-order chi connectivity index (χ0) is 21.0. The summed E-state index contributed by atoms with van der Waals surface area (Å²) in [5, 5.41) is 19.8. The normalized spacial score (nSPS) is 21.3. The van der Waals surface area contributed by atoms with E-state index < -0.39 is 0 Å². The Morgan fingerprint density at radius 3 is 2.45 bits per heavy atom. The first-order chi connectivity index (χ1) is 13.6. The summed E-state index contributed by atoms with van der Waals surface area (Å²) < 4.78 is 5.70. The predicted molar refractivity (Wildman–Crippen MR) is 114 cm³/mol. The van der Waals surface area contributed by atoms with Gasteiger partial charge in [0, 0.05) is 45.5 Å². The van der Waals surface area contributed by atoms with Gasteiger partial charge in [0.05, 0.1) is 6.04 Å². The smallest absolute Gasteiger partial charge is 0.339 e. The van der Waals surface area contributed by atoms with Gasteiger partial charge in [-0.25, -0.2) is 4.79 Å². The maximum atomic E-state index is 12.9. The summed E-state index contributed by atoms with van der Waals surface area (Å²) in [6, 6.07) is 2.08. The second-order valence-electron chi connectivity index (χ2n) is 10.1. The molecule has 0 amide bonds. The molecule has 158 valence electrons. The second kappa shape index (κ2) is 7.29. The molecule has 0 spiro atoms. The lowest BCUT2D eigenvalue weighted by molar-refractivity contribution is -0.709. The molecular formula is C23H31ClN2O3. The summed E-state index contributed by atoms with van der Waals surface area (Å²) in [4.78, 5) is 12.6. The largest absolute Gasteiger partial charge is 0.871 e. The van der Waals surface area contributed by atoms with Crippen LogP contribution in [0, 0.1) is 0 Å². The quantitative estimate of drug-likeness (QED) is 0.751. The molecule has 5 nitrogen and oxygen atoms in total. The highest BCUT2D eigenvalue weighted by Crippen LogP contribution is 2.36. The van der Waals surface area contributed by atoms with Gasteiger partial charge in [-0.1, -0.05) is 17.4 Å². The van der Waals surface area contributed by atoms with Crippen LogP contribution in [0.1, 0.15) is 70.1 Å². The van der Waals surface area contributed by atoms with Gasteiger partial charge in [-0.3, -0.25) is 0 Å². The lowest BCUT2D eigenvalue weighted by Crippen LogP contribution is -2.91. The van der Waals surface area contributed by atoms with E-state index in [1.54, 1.807) is 6.07 Å². The van der Waals surface area contributed by atoms with Gasteiger partial charge in [0.25, 0.3) is 0 Å². The number of quaternary nitrogens is 1. The number of aryl methyl sites for hydroxylation is 1. The van der Waals surface area contributed by atoms with Gasteiger partial charge >= 0.3 is 5.63 Å². The standard InChI is InChI=1S/C23H31ClN2O3/c1-22(2)10-13(11-23(3,4)26-22)25-12-17-19(27)18(24)9-16-14-7-5-6-8-15(14)21(28)29-20(16)17/h9,13,25-27H,5-8,10-12H2,1-4H3. The van der Waals surface area contributed by atoms with Crippen molar-refractivity contribution < 1.29 is 14.8 Å².